The van der Waals surface area contributed by atoms with Gasteiger partial charge in [-0.15, -0.1) is 11.3 Å². The summed E-state index contributed by atoms with van der Waals surface area (Å²) in [6.07, 6.45) is 1.84. The lowest BCUT2D eigenvalue weighted by molar-refractivity contribution is 0.166. The quantitative estimate of drug-likeness (QED) is 0.599. The van der Waals surface area contributed by atoms with Gasteiger partial charge in [0.2, 0.25) is 5.13 Å². The topological polar surface area (TPSA) is 40.5 Å². The first-order chi connectivity index (χ1) is 11.0. The third-order valence-corrected chi connectivity index (χ3v) is 4.50. The van der Waals surface area contributed by atoms with Gasteiger partial charge in [-0.05, 0) is 51.8 Å². The van der Waals surface area contributed by atoms with Crippen LogP contribution in [0.2, 0.25) is 0 Å². The average Bonchev–Trinajstić information content (AvgIpc) is 2.90. The highest BCUT2D eigenvalue weighted by Crippen LogP contribution is 2.15. The smallest absolute Gasteiger partial charge is 0.203 e. The van der Waals surface area contributed by atoms with Crippen LogP contribution in [-0.2, 0) is 6.54 Å². The number of hydrogen-bond donors (Lipinski definition) is 1. The molecule has 1 heterocycles. The molecule has 2 rings (SSSR count). The Labute approximate surface area is 143 Å². The monoisotopic (exact) mass is 330 g/mol. The highest BCUT2D eigenvalue weighted by molar-refractivity contribution is 7.13. The van der Waals surface area contributed by atoms with Crippen molar-refractivity contribution in [1.82, 2.24) is 9.88 Å². The third-order valence-electron chi connectivity index (χ3n) is 3.64. The molecule has 0 fully saturated rings. The minimum Gasteiger partial charge on any atom is -0.294 e. The Kier molecular flexibility index (Phi) is 6.30. The molecule has 1 aromatic carbocycles. The van der Waals surface area contributed by atoms with E-state index in [2.05, 4.69) is 72.4 Å². The van der Waals surface area contributed by atoms with Crippen molar-refractivity contribution in [3.63, 3.8) is 0 Å². The number of aryl methyl sites for hydroxylation is 1. The van der Waals surface area contributed by atoms with Crippen LogP contribution in [-0.4, -0.2) is 28.2 Å². The summed E-state index contributed by atoms with van der Waals surface area (Å²) in [7, 11) is 0. The van der Waals surface area contributed by atoms with Gasteiger partial charge in [-0.2, -0.15) is 5.10 Å². The summed E-state index contributed by atoms with van der Waals surface area (Å²) in [5.41, 5.74) is 6.39. The fourth-order valence-electron chi connectivity index (χ4n) is 2.51. The van der Waals surface area contributed by atoms with Crippen molar-refractivity contribution < 1.29 is 0 Å². The molecule has 0 aliphatic heterocycles. The number of benzene rings is 1. The SMILES string of the molecule is Cc1csc(NN=Cc2cccc(CN(C(C)C)C(C)C)c2)n1. The molecule has 5 heteroatoms. The van der Waals surface area contributed by atoms with Gasteiger partial charge in [0, 0.05) is 24.0 Å². The summed E-state index contributed by atoms with van der Waals surface area (Å²) in [5, 5.41) is 7.10. The molecule has 1 aromatic heterocycles. The first-order valence-corrected chi connectivity index (χ1v) is 8.89. The Bertz CT molecular complexity index is 638. The van der Waals surface area contributed by atoms with E-state index in [9.17, 15) is 0 Å². The van der Waals surface area contributed by atoms with E-state index in [1.165, 1.54) is 5.56 Å². The second-order valence-corrected chi connectivity index (χ2v) is 7.13. The summed E-state index contributed by atoms with van der Waals surface area (Å²) in [4.78, 5) is 6.80. The molecule has 0 radical (unpaired) electrons. The maximum absolute atomic E-state index is 4.32. The lowest BCUT2D eigenvalue weighted by Gasteiger charge is -2.30. The maximum atomic E-state index is 4.32. The summed E-state index contributed by atoms with van der Waals surface area (Å²) >= 11 is 1.56. The van der Waals surface area contributed by atoms with Gasteiger partial charge in [-0.25, -0.2) is 4.98 Å². The molecule has 1 N–H and O–H groups in total. The van der Waals surface area contributed by atoms with Gasteiger partial charge in [0.15, 0.2) is 0 Å². The second kappa shape index (κ2) is 8.22. The van der Waals surface area contributed by atoms with Crippen LogP contribution in [0, 0.1) is 6.92 Å². The van der Waals surface area contributed by atoms with Crippen molar-refractivity contribution in [1.29, 1.82) is 0 Å². The van der Waals surface area contributed by atoms with Crippen LogP contribution >= 0.6 is 11.3 Å². The van der Waals surface area contributed by atoms with Crippen molar-refractivity contribution in [2.24, 2.45) is 5.10 Å². The van der Waals surface area contributed by atoms with Crippen LogP contribution in [0.4, 0.5) is 5.13 Å². The molecule has 0 saturated heterocycles. The van der Waals surface area contributed by atoms with Crippen molar-refractivity contribution in [3.8, 4) is 0 Å². The van der Waals surface area contributed by atoms with Gasteiger partial charge in [0.05, 0.1) is 11.9 Å². The lowest BCUT2D eigenvalue weighted by atomic mass is 10.1. The molecule has 0 unspecified atom stereocenters. The molecule has 0 aliphatic rings. The summed E-state index contributed by atoms with van der Waals surface area (Å²) in [6, 6.07) is 9.58. The summed E-state index contributed by atoms with van der Waals surface area (Å²) in [5.74, 6) is 0. The Morgan fingerprint density at radius 2 is 2.00 bits per heavy atom. The number of hydrogen-bond acceptors (Lipinski definition) is 5. The van der Waals surface area contributed by atoms with E-state index >= 15 is 0 Å². The maximum Gasteiger partial charge on any atom is 0.203 e. The summed E-state index contributed by atoms with van der Waals surface area (Å²) in [6.45, 7) is 11.9. The Hall–Kier alpha value is -1.72. The van der Waals surface area contributed by atoms with Gasteiger partial charge in [-0.3, -0.25) is 10.3 Å². The van der Waals surface area contributed by atoms with E-state index in [1.54, 1.807) is 11.3 Å². The largest absolute Gasteiger partial charge is 0.294 e. The van der Waals surface area contributed by atoms with E-state index in [0.29, 0.717) is 12.1 Å². The van der Waals surface area contributed by atoms with Crippen LogP contribution in [0.5, 0.6) is 0 Å². The first-order valence-electron chi connectivity index (χ1n) is 8.01. The fraction of sp³-hybridized carbons (Fsp3) is 0.444. The molecule has 0 bridgehead atoms. The lowest BCUT2D eigenvalue weighted by Crippen LogP contribution is -2.36. The zero-order chi connectivity index (χ0) is 16.8. The van der Waals surface area contributed by atoms with E-state index in [0.717, 1.165) is 22.9 Å². The third kappa shape index (κ3) is 5.44. The van der Waals surface area contributed by atoms with Gasteiger partial charge >= 0.3 is 0 Å². The van der Waals surface area contributed by atoms with E-state index in [-0.39, 0.29) is 0 Å². The second-order valence-electron chi connectivity index (χ2n) is 6.27. The van der Waals surface area contributed by atoms with E-state index in [1.807, 2.05) is 18.5 Å². The van der Waals surface area contributed by atoms with Crippen LogP contribution in [0.25, 0.3) is 0 Å². The van der Waals surface area contributed by atoms with Crippen LogP contribution in [0.1, 0.15) is 44.5 Å². The van der Waals surface area contributed by atoms with E-state index < -0.39 is 0 Å². The zero-order valence-electron chi connectivity index (χ0n) is 14.6. The standard InChI is InChI=1S/C18H26N4S/c1-13(2)22(14(3)4)11-17-8-6-7-16(9-17)10-19-21-18-20-15(5)12-23-18/h6-10,12-14H,11H2,1-5H3,(H,20,21). The van der Waals surface area contributed by atoms with Crippen LogP contribution < -0.4 is 5.43 Å². The number of nitrogens with one attached hydrogen (secondary N) is 1. The first kappa shape index (κ1) is 17.6. The molecule has 0 saturated carbocycles. The van der Waals surface area contributed by atoms with Gasteiger partial charge < -0.3 is 0 Å². The number of anilines is 1. The molecule has 4 nitrogen and oxygen atoms in total. The normalized spacial score (nSPS) is 12.0. The molecular formula is C18H26N4S. The van der Waals surface area contributed by atoms with Crippen molar-refractivity contribution in [2.45, 2.75) is 53.2 Å². The Morgan fingerprint density at radius 3 is 2.61 bits per heavy atom. The van der Waals surface area contributed by atoms with E-state index in [4.69, 9.17) is 0 Å². The van der Waals surface area contributed by atoms with Crippen molar-refractivity contribution in [2.75, 3.05) is 5.43 Å². The number of rotatable bonds is 7. The molecule has 0 amide bonds. The molecule has 0 spiro atoms. The minimum atomic E-state index is 0.530. The van der Waals surface area contributed by atoms with Gasteiger partial charge in [-0.1, -0.05) is 18.2 Å². The zero-order valence-corrected chi connectivity index (χ0v) is 15.4. The average molecular weight is 331 g/mol. The highest BCUT2D eigenvalue weighted by Gasteiger charge is 2.13. The van der Waals surface area contributed by atoms with Gasteiger partial charge in [0.25, 0.3) is 0 Å². The van der Waals surface area contributed by atoms with Crippen molar-refractivity contribution in [3.05, 3.63) is 46.5 Å². The van der Waals surface area contributed by atoms with Gasteiger partial charge in [0.1, 0.15) is 0 Å². The number of nitrogens with zero attached hydrogens (tertiary/aromatic N) is 3. The molecule has 124 valence electrons. The highest BCUT2D eigenvalue weighted by atomic mass is 32.1. The molecule has 2 aromatic rings. The Morgan fingerprint density at radius 1 is 1.26 bits per heavy atom. The summed E-state index contributed by atoms with van der Waals surface area (Å²) < 4.78 is 0. The Balaban J connectivity index is 2.01. The van der Waals surface area contributed by atoms with Crippen LogP contribution in [0.15, 0.2) is 34.7 Å². The molecule has 0 aliphatic carbocycles. The van der Waals surface area contributed by atoms with Crippen molar-refractivity contribution >= 4 is 22.7 Å². The molecular weight excluding hydrogens is 304 g/mol. The predicted octanol–water partition coefficient (Wildman–Crippen LogP) is 4.52. The predicted molar refractivity (Wildman–Crippen MR) is 100 cm³/mol. The molecule has 0 atom stereocenters. The number of aromatic nitrogens is 1. The number of thiazole rings is 1. The van der Waals surface area contributed by atoms with Crippen LogP contribution in [0.3, 0.4) is 0 Å². The molecule has 23 heavy (non-hydrogen) atoms. The minimum absolute atomic E-state index is 0.530. The fourth-order valence-corrected chi connectivity index (χ4v) is 3.15. The number of hydrazone groups is 1.